The maximum absolute atomic E-state index is 12.2. The number of aryl methyl sites for hydroxylation is 1. The van der Waals surface area contributed by atoms with Gasteiger partial charge in [0.05, 0.1) is 19.8 Å². The Morgan fingerprint density at radius 1 is 1.41 bits per heavy atom. The van der Waals surface area contributed by atoms with Gasteiger partial charge in [0.15, 0.2) is 0 Å². The van der Waals surface area contributed by atoms with E-state index in [4.69, 9.17) is 4.74 Å². The molecule has 3 rings (SSSR count). The first-order valence-corrected chi connectivity index (χ1v) is 8.07. The second-order valence-electron chi connectivity index (χ2n) is 5.19. The van der Waals surface area contributed by atoms with E-state index < -0.39 is 0 Å². The number of aromatic nitrogens is 2. The van der Waals surface area contributed by atoms with Crippen LogP contribution in [0.2, 0.25) is 0 Å². The molecule has 22 heavy (non-hydrogen) atoms. The third kappa shape index (κ3) is 3.88. The van der Waals surface area contributed by atoms with Gasteiger partial charge in [-0.05, 0) is 18.6 Å². The lowest BCUT2D eigenvalue weighted by molar-refractivity contribution is 0.0341. The average Bonchev–Trinajstić information content (AvgIpc) is 2.99. The van der Waals surface area contributed by atoms with Crippen molar-refractivity contribution in [3.8, 4) is 0 Å². The van der Waals surface area contributed by atoms with Crippen molar-refractivity contribution in [2.24, 2.45) is 0 Å². The van der Waals surface area contributed by atoms with Crippen LogP contribution in [0.5, 0.6) is 0 Å². The predicted octanol–water partition coefficient (Wildman–Crippen LogP) is 1.93. The summed E-state index contributed by atoms with van der Waals surface area (Å²) in [5.74, 6) is 0.319. The van der Waals surface area contributed by atoms with E-state index in [1.165, 1.54) is 11.3 Å². The number of pyridine rings is 1. The van der Waals surface area contributed by atoms with Crippen LogP contribution in [0, 0.1) is 6.92 Å². The normalized spacial score (nSPS) is 15.7. The lowest BCUT2D eigenvalue weighted by atomic mass is 10.3. The van der Waals surface area contributed by atoms with Gasteiger partial charge in [-0.3, -0.25) is 9.69 Å². The first kappa shape index (κ1) is 15.1. The highest BCUT2D eigenvalue weighted by Gasteiger charge is 2.15. The van der Waals surface area contributed by atoms with Gasteiger partial charge < -0.3 is 10.1 Å². The highest BCUT2D eigenvalue weighted by Crippen LogP contribution is 2.15. The molecule has 1 aliphatic heterocycles. The molecule has 1 amide bonds. The van der Waals surface area contributed by atoms with E-state index in [2.05, 4.69) is 20.2 Å². The zero-order valence-corrected chi connectivity index (χ0v) is 13.2. The molecule has 0 unspecified atom stereocenters. The van der Waals surface area contributed by atoms with Crippen molar-refractivity contribution >= 4 is 23.1 Å². The summed E-state index contributed by atoms with van der Waals surface area (Å²) in [6, 6.07) is 3.70. The van der Waals surface area contributed by atoms with Crippen LogP contribution in [0.3, 0.4) is 0 Å². The number of anilines is 1. The lowest BCUT2D eigenvalue weighted by Gasteiger charge is -2.25. The third-order valence-corrected chi connectivity index (χ3v) is 4.23. The summed E-state index contributed by atoms with van der Waals surface area (Å²) in [5, 5.41) is 5.50. The van der Waals surface area contributed by atoms with Crippen molar-refractivity contribution in [3.63, 3.8) is 0 Å². The van der Waals surface area contributed by atoms with Crippen molar-refractivity contribution in [2.45, 2.75) is 13.5 Å². The molecule has 2 aromatic rings. The van der Waals surface area contributed by atoms with E-state index in [9.17, 15) is 4.79 Å². The molecule has 116 valence electrons. The summed E-state index contributed by atoms with van der Waals surface area (Å²) in [5.41, 5.74) is 1.50. The smallest absolute Gasteiger partial charge is 0.276 e. The Labute approximate surface area is 133 Å². The van der Waals surface area contributed by atoms with E-state index >= 15 is 0 Å². The fourth-order valence-corrected chi connectivity index (χ4v) is 2.98. The van der Waals surface area contributed by atoms with E-state index in [0.717, 1.165) is 43.4 Å². The Morgan fingerprint density at radius 3 is 2.95 bits per heavy atom. The van der Waals surface area contributed by atoms with Gasteiger partial charge in [0.1, 0.15) is 16.5 Å². The number of hydrogen-bond donors (Lipinski definition) is 1. The molecule has 3 heterocycles. The maximum Gasteiger partial charge on any atom is 0.276 e. The zero-order valence-electron chi connectivity index (χ0n) is 12.4. The highest BCUT2D eigenvalue weighted by atomic mass is 32.1. The van der Waals surface area contributed by atoms with Gasteiger partial charge in [0.2, 0.25) is 0 Å². The van der Waals surface area contributed by atoms with Gasteiger partial charge in [-0.15, -0.1) is 11.3 Å². The number of nitrogens with zero attached hydrogens (tertiary/aromatic N) is 3. The summed E-state index contributed by atoms with van der Waals surface area (Å²) in [6.45, 7) is 6.07. The number of rotatable bonds is 4. The molecule has 1 aliphatic rings. The molecular weight excluding hydrogens is 300 g/mol. The predicted molar refractivity (Wildman–Crippen MR) is 85.1 cm³/mol. The van der Waals surface area contributed by atoms with Crippen molar-refractivity contribution in [1.29, 1.82) is 0 Å². The first-order chi connectivity index (χ1) is 10.7. The molecule has 7 heteroatoms. The summed E-state index contributed by atoms with van der Waals surface area (Å²) in [4.78, 5) is 23.0. The van der Waals surface area contributed by atoms with Crippen molar-refractivity contribution in [3.05, 3.63) is 40.0 Å². The molecule has 0 aliphatic carbocycles. The van der Waals surface area contributed by atoms with Gasteiger partial charge in [0, 0.05) is 24.7 Å². The number of thiazole rings is 1. The standard InChI is InChI=1S/C15H18N4O2S/c1-11-2-3-13(16-8-11)18-15(20)12-10-22-14(17-12)9-19-4-6-21-7-5-19/h2-3,8,10H,4-7,9H2,1H3,(H,16,18,20). The van der Waals surface area contributed by atoms with E-state index in [-0.39, 0.29) is 5.91 Å². The molecule has 0 saturated carbocycles. The quantitative estimate of drug-likeness (QED) is 0.933. The van der Waals surface area contributed by atoms with Crippen LogP contribution in [-0.4, -0.2) is 47.1 Å². The maximum atomic E-state index is 12.2. The number of morpholine rings is 1. The van der Waals surface area contributed by atoms with Crippen molar-refractivity contribution in [1.82, 2.24) is 14.9 Å². The fraction of sp³-hybridized carbons (Fsp3) is 0.400. The minimum Gasteiger partial charge on any atom is -0.379 e. The van der Waals surface area contributed by atoms with Crippen LogP contribution in [-0.2, 0) is 11.3 Å². The molecule has 0 radical (unpaired) electrons. The molecule has 6 nitrogen and oxygen atoms in total. The van der Waals surface area contributed by atoms with Gasteiger partial charge in [-0.2, -0.15) is 0 Å². The highest BCUT2D eigenvalue weighted by molar-refractivity contribution is 7.09. The van der Waals surface area contributed by atoms with Crippen LogP contribution in [0.25, 0.3) is 0 Å². The summed E-state index contributed by atoms with van der Waals surface area (Å²) in [6.07, 6.45) is 1.72. The Hall–Kier alpha value is -1.83. The van der Waals surface area contributed by atoms with Crippen LogP contribution in [0.15, 0.2) is 23.7 Å². The molecule has 0 atom stereocenters. The van der Waals surface area contributed by atoms with Crippen LogP contribution >= 0.6 is 11.3 Å². The van der Waals surface area contributed by atoms with Gasteiger partial charge in [-0.25, -0.2) is 9.97 Å². The molecule has 1 saturated heterocycles. The molecule has 1 fully saturated rings. The number of hydrogen-bond acceptors (Lipinski definition) is 6. The molecule has 1 N–H and O–H groups in total. The van der Waals surface area contributed by atoms with E-state index in [1.54, 1.807) is 17.6 Å². The Kier molecular flexibility index (Phi) is 4.77. The minimum atomic E-state index is -0.221. The number of carbonyl (C=O) groups is 1. The summed E-state index contributed by atoms with van der Waals surface area (Å²) < 4.78 is 5.33. The van der Waals surface area contributed by atoms with Gasteiger partial charge >= 0.3 is 0 Å². The summed E-state index contributed by atoms with van der Waals surface area (Å²) >= 11 is 1.51. The minimum absolute atomic E-state index is 0.221. The second-order valence-corrected chi connectivity index (χ2v) is 6.13. The Morgan fingerprint density at radius 2 is 2.23 bits per heavy atom. The SMILES string of the molecule is Cc1ccc(NC(=O)c2csc(CN3CCOCC3)n2)nc1. The van der Waals surface area contributed by atoms with Crippen molar-refractivity contribution in [2.75, 3.05) is 31.6 Å². The number of carbonyl (C=O) groups excluding carboxylic acids is 1. The topological polar surface area (TPSA) is 67.4 Å². The Bertz CT molecular complexity index is 635. The van der Waals surface area contributed by atoms with Crippen LogP contribution in [0.1, 0.15) is 21.1 Å². The van der Waals surface area contributed by atoms with E-state index in [0.29, 0.717) is 11.5 Å². The zero-order chi connectivity index (χ0) is 15.4. The number of amides is 1. The second kappa shape index (κ2) is 6.95. The monoisotopic (exact) mass is 318 g/mol. The third-order valence-electron chi connectivity index (χ3n) is 3.40. The van der Waals surface area contributed by atoms with Gasteiger partial charge in [-0.1, -0.05) is 6.07 Å². The largest absolute Gasteiger partial charge is 0.379 e. The Balaban J connectivity index is 1.60. The fourth-order valence-electron chi connectivity index (χ4n) is 2.16. The van der Waals surface area contributed by atoms with Crippen LogP contribution in [0.4, 0.5) is 5.82 Å². The number of ether oxygens (including phenoxy) is 1. The molecule has 0 aromatic carbocycles. The van der Waals surface area contributed by atoms with Gasteiger partial charge in [0.25, 0.3) is 5.91 Å². The molecule has 0 spiro atoms. The molecule has 2 aromatic heterocycles. The van der Waals surface area contributed by atoms with Crippen molar-refractivity contribution < 1.29 is 9.53 Å². The summed E-state index contributed by atoms with van der Waals surface area (Å²) in [7, 11) is 0. The number of nitrogens with one attached hydrogen (secondary N) is 1. The van der Waals surface area contributed by atoms with E-state index in [1.807, 2.05) is 13.0 Å². The lowest BCUT2D eigenvalue weighted by Crippen LogP contribution is -2.35. The first-order valence-electron chi connectivity index (χ1n) is 7.19. The van der Waals surface area contributed by atoms with Crippen LogP contribution < -0.4 is 5.32 Å². The molecule has 0 bridgehead atoms. The molecular formula is C15H18N4O2S. The average molecular weight is 318 g/mol.